The van der Waals surface area contributed by atoms with Crippen LogP contribution in [0, 0.1) is 5.92 Å². The lowest BCUT2D eigenvalue weighted by Crippen LogP contribution is -2.49. The lowest BCUT2D eigenvalue weighted by Gasteiger charge is -2.17. The van der Waals surface area contributed by atoms with E-state index in [1.54, 1.807) is 0 Å². The van der Waals surface area contributed by atoms with E-state index in [0.717, 1.165) is 5.56 Å². The maximum absolute atomic E-state index is 11.7. The summed E-state index contributed by atoms with van der Waals surface area (Å²) in [5.74, 6) is -0.237. The monoisotopic (exact) mass is 289 g/mol. The second kappa shape index (κ2) is 8.79. The van der Waals surface area contributed by atoms with Crippen molar-refractivity contribution in [2.75, 3.05) is 6.54 Å². The molecule has 3 amide bonds. The van der Waals surface area contributed by atoms with Crippen LogP contribution in [-0.2, 0) is 4.79 Å². The number of primary amides is 1. The van der Waals surface area contributed by atoms with Crippen molar-refractivity contribution in [3.05, 3.63) is 42.0 Å². The summed E-state index contributed by atoms with van der Waals surface area (Å²) in [7, 11) is 0. The number of hydrogen-bond acceptors (Lipinski definition) is 2. The van der Waals surface area contributed by atoms with Gasteiger partial charge in [0, 0.05) is 6.54 Å². The average molecular weight is 289 g/mol. The summed E-state index contributed by atoms with van der Waals surface area (Å²) < 4.78 is 0. The second-order valence-electron chi connectivity index (χ2n) is 5.25. The summed E-state index contributed by atoms with van der Waals surface area (Å²) in [5, 5.41) is 5.25. The quantitative estimate of drug-likeness (QED) is 0.716. The fraction of sp³-hybridized carbons (Fsp3) is 0.375. The van der Waals surface area contributed by atoms with Gasteiger partial charge in [-0.05, 0) is 17.9 Å². The smallest absolute Gasteiger partial charge is 0.315 e. The Morgan fingerprint density at radius 1 is 1.24 bits per heavy atom. The van der Waals surface area contributed by atoms with Crippen molar-refractivity contribution in [1.29, 1.82) is 0 Å². The Labute approximate surface area is 125 Å². The number of hydrogen-bond donors (Lipinski definition) is 3. The zero-order valence-electron chi connectivity index (χ0n) is 12.5. The maximum atomic E-state index is 11.7. The molecular weight excluding hydrogens is 266 g/mol. The molecule has 5 nitrogen and oxygen atoms in total. The number of nitrogens with two attached hydrogens (primary N) is 1. The maximum Gasteiger partial charge on any atom is 0.315 e. The number of benzene rings is 1. The van der Waals surface area contributed by atoms with Gasteiger partial charge in [-0.3, -0.25) is 4.79 Å². The van der Waals surface area contributed by atoms with Crippen LogP contribution in [0.4, 0.5) is 4.79 Å². The summed E-state index contributed by atoms with van der Waals surface area (Å²) >= 11 is 0. The van der Waals surface area contributed by atoms with Crippen LogP contribution in [0.2, 0.25) is 0 Å². The van der Waals surface area contributed by atoms with Crippen molar-refractivity contribution >= 4 is 18.0 Å². The molecule has 0 radical (unpaired) electrons. The Bertz CT molecular complexity index is 484. The molecule has 0 bridgehead atoms. The third kappa shape index (κ3) is 7.15. The van der Waals surface area contributed by atoms with Crippen LogP contribution >= 0.6 is 0 Å². The van der Waals surface area contributed by atoms with Gasteiger partial charge >= 0.3 is 6.03 Å². The Morgan fingerprint density at radius 2 is 1.90 bits per heavy atom. The van der Waals surface area contributed by atoms with Gasteiger partial charge in [0.05, 0.1) is 0 Å². The zero-order chi connectivity index (χ0) is 15.7. The van der Waals surface area contributed by atoms with Crippen LogP contribution in [0.25, 0.3) is 6.08 Å². The zero-order valence-corrected chi connectivity index (χ0v) is 12.5. The molecule has 1 aromatic carbocycles. The Morgan fingerprint density at radius 3 is 2.48 bits per heavy atom. The third-order valence-electron chi connectivity index (χ3n) is 2.85. The minimum Gasteiger partial charge on any atom is -0.368 e. The summed E-state index contributed by atoms with van der Waals surface area (Å²) in [4.78, 5) is 22.9. The Kier molecular flexibility index (Phi) is 7.01. The molecule has 0 heterocycles. The summed E-state index contributed by atoms with van der Waals surface area (Å²) in [6.45, 7) is 4.32. The van der Waals surface area contributed by atoms with E-state index in [9.17, 15) is 9.59 Å². The summed E-state index contributed by atoms with van der Waals surface area (Å²) in [6, 6.07) is 8.76. The average Bonchev–Trinajstić information content (AvgIpc) is 2.43. The Balaban J connectivity index is 2.36. The SMILES string of the molecule is CC(C)C[C@H](NC(=O)NC/C=C/c1ccccc1)C(N)=O. The van der Waals surface area contributed by atoms with E-state index in [-0.39, 0.29) is 5.92 Å². The molecule has 4 N–H and O–H groups in total. The number of carbonyl (C=O) groups excluding carboxylic acids is 2. The number of urea groups is 1. The third-order valence-corrected chi connectivity index (χ3v) is 2.85. The van der Waals surface area contributed by atoms with E-state index in [1.165, 1.54) is 0 Å². The fourth-order valence-electron chi connectivity index (χ4n) is 1.84. The first-order chi connectivity index (χ1) is 9.99. The first kappa shape index (κ1) is 16.8. The van der Waals surface area contributed by atoms with Gasteiger partial charge in [0.25, 0.3) is 0 Å². The van der Waals surface area contributed by atoms with Crippen LogP contribution < -0.4 is 16.4 Å². The van der Waals surface area contributed by atoms with Gasteiger partial charge in [-0.1, -0.05) is 56.3 Å². The summed E-state index contributed by atoms with van der Waals surface area (Å²) in [5.41, 5.74) is 6.33. The number of carbonyl (C=O) groups is 2. The number of amides is 3. The van der Waals surface area contributed by atoms with Crippen LogP contribution in [0.3, 0.4) is 0 Å². The van der Waals surface area contributed by atoms with E-state index >= 15 is 0 Å². The predicted octanol–water partition coefficient (Wildman–Crippen LogP) is 1.90. The van der Waals surface area contributed by atoms with Crippen LogP contribution in [-0.4, -0.2) is 24.5 Å². The standard InChI is InChI=1S/C16H23N3O2/c1-12(2)11-14(15(17)20)19-16(21)18-10-6-9-13-7-4-3-5-8-13/h3-9,12,14H,10-11H2,1-2H3,(H2,17,20)(H2,18,19,21)/b9-6+/t14-/m0/s1. The molecule has 1 atom stereocenters. The Hall–Kier alpha value is -2.30. The molecule has 0 saturated carbocycles. The summed E-state index contributed by atoms with van der Waals surface area (Å²) in [6.07, 6.45) is 4.29. The van der Waals surface area contributed by atoms with Gasteiger partial charge < -0.3 is 16.4 Å². The highest BCUT2D eigenvalue weighted by molar-refractivity contribution is 5.85. The highest BCUT2D eigenvalue weighted by Gasteiger charge is 2.18. The van der Waals surface area contributed by atoms with Gasteiger partial charge in [-0.25, -0.2) is 4.79 Å². The molecule has 0 spiro atoms. The number of nitrogens with one attached hydrogen (secondary N) is 2. The fourth-order valence-corrected chi connectivity index (χ4v) is 1.84. The van der Waals surface area contributed by atoms with Crippen molar-refractivity contribution in [3.63, 3.8) is 0 Å². The lowest BCUT2D eigenvalue weighted by atomic mass is 10.0. The molecule has 0 aliphatic carbocycles. The molecular formula is C16H23N3O2. The van der Waals surface area contributed by atoms with Crippen molar-refractivity contribution in [3.8, 4) is 0 Å². The topological polar surface area (TPSA) is 84.2 Å². The predicted molar refractivity (Wildman–Crippen MR) is 84.4 cm³/mol. The molecule has 1 rings (SSSR count). The second-order valence-corrected chi connectivity index (χ2v) is 5.25. The van der Waals surface area contributed by atoms with Crippen LogP contribution in [0.5, 0.6) is 0 Å². The van der Waals surface area contributed by atoms with Crippen LogP contribution in [0.1, 0.15) is 25.8 Å². The molecule has 0 saturated heterocycles. The van der Waals surface area contributed by atoms with Crippen molar-refractivity contribution in [1.82, 2.24) is 10.6 Å². The van der Waals surface area contributed by atoms with Crippen molar-refractivity contribution < 1.29 is 9.59 Å². The molecule has 0 aliphatic rings. The van der Waals surface area contributed by atoms with Gasteiger partial charge in [-0.2, -0.15) is 0 Å². The highest BCUT2D eigenvalue weighted by Crippen LogP contribution is 2.04. The normalized spacial score (nSPS) is 12.3. The molecule has 21 heavy (non-hydrogen) atoms. The lowest BCUT2D eigenvalue weighted by molar-refractivity contribution is -0.120. The molecule has 1 aromatic rings. The van der Waals surface area contributed by atoms with E-state index in [1.807, 2.05) is 56.3 Å². The molecule has 0 aliphatic heterocycles. The van der Waals surface area contributed by atoms with Crippen LogP contribution in [0.15, 0.2) is 36.4 Å². The molecule has 0 aromatic heterocycles. The van der Waals surface area contributed by atoms with Crippen molar-refractivity contribution in [2.24, 2.45) is 11.7 Å². The molecule has 0 unspecified atom stereocenters. The molecule has 0 fully saturated rings. The van der Waals surface area contributed by atoms with Gasteiger partial charge in [-0.15, -0.1) is 0 Å². The number of rotatable bonds is 7. The van der Waals surface area contributed by atoms with Gasteiger partial charge in [0.2, 0.25) is 5.91 Å². The highest BCUT2D eigenvalue weighted by atomic mass is 16.2. The minimum atomic E-state index is -0.636. The van der Waals surface area contributed by atoms with E-state index in [0.29, 0.717) is 13.0 Å². The minimum absolute atomic E-state index is 0.278. The molecule has 114 valence electrons. The van der Waals surface area contributed by atoms with Crippen molar-refractivity contribution in [2.45, 2.75) is 26.3 Å². The van der Waals surface area contributed by atoms with Gasteiger partial charge in [0.1, 0.15) is 6.04 Å². The van der Waals surface area contributed by atoms with E-state index < -0.39 is 18.0 Å². The first-order valence-electron chi connectivity index (χ1n) is 7.04. The molecule has 5 heteroatoms. The van der Waals surface area contributed by atoms with E-state index in [2.05, 4.69) is 10.6 Å². The largest absolute Gasteiger partial charge is 0.368 e. The van der Waals surface area contributed by atoms with Gasteiger partial charge in [0.15, 0.2) is 0 Å². The van der Waals surface area contributed by atoms with E-state index in [4.69, 9.17) is 5.73 Å². The first-order valence-corrected chi connectivity index (χ1v) is 7.04.